The van der Waals surface area contributed by atoms with Crippen LogP contribution in [0.4, 0.5) is 0 Å². The van der Waals surface area contributed by atoms with Crippen LogP contribution in [-0.2, 0) is 6.42 Å². The minimum atomic E-state index is 0.721. The van der Waals surface area contributed by atoms with Crippen LogP contribution in [0.2, 0.25) is 5.02 Å². The van der Waals surface area contributed by atoms with Gasteiger partial charge in [0.25, 0.3) is 0 Å². The number of aryl methyl sites for hydroxylation is 1. The van der Waals surface area contributed by atoms with Gasteiger partial charge in [-0.25, -0.2) is 9.66 Å². The van der Waals surface area contributed by atoms with Crippen molar-refractivity contribution < 1.29 is 0 Å². The number of rotatable bonds is 1. The molecule has 0 bridgehead atoms. The average Bonchev–Trinajstić information content (AvgIpc) is 2.79. The first-order valence-electron chi connectivity index (χ1n) is 7.19. The van der Waals surface area contributed by atoms with Crippen LogP contribution in [0, 0.1) is 6.92 Å². The summed E-state index contributed by atoms with van der Waals surface area (Å²) in [6.45, 7) is 2.02. The van der Waals surface area contributed by atoms with E-state index in [2.05, 4.69) is 23.2 Å². The molecule has 0 spiro atoms. The molecule has 2 aromatic carbocycles. The molecule has 3 nitrogen and oxygen atoms in total. The van der Waals surface area contributed by atoms with Crippen LogP contribution < -0.4 is 0 Å². The molecule has 1 aromatic heterocycles. The van der Waals surface area contributed by atoms with Crippen LogP contribution in [0.1, 0.15) is 28.2 Å². The number of imidazole rings is 1. The number of hydrogen-bond acceptors (Lipinski definition) is 2. The summed E-state index contributed by atoms with van der Waals surface area (Å²) in [5, 5.41) is 5.58. The average molecular weight is 308 g/mol. The van der Waals surface area contributed by atoms with Crippen molar-refractivity contribution in [2.24, 2.45) is 5.10 Å². The molecule has 108 valence electrons. The van der Waals surface area contributed by atoms with E-state index in [0.717, 1.165) is 39.8 Å². The lowest BCUT2D eigenvalue weighted by Gasteiger charge is -2.10. The third kappa shape index (κ3) is 2.14. The molecule has 4 heteroatoms. The van der Waals surface area contributed by atoms with E-state index in [4.69, 9.17) is 16.7 Å². The lowest BCUT2D eigenvalue weighted by Crippen LogP contribution is -2.07. The minimum Gasteiger partial charge on any atom is -0.239 e. The maximum Gasteiger partial charge on any atom is 0.134 e. The molecular formula is C18H14ClN3. The standard InChI is InChI=1S/C18H14ClN3/c1-12-11-20-17-9-14-7-8-15(19)10-16(14)18(21-22(12)17)13-5-3-2-4-6-13/h2-8,10-11H,9H2,1H3. The second-order valence-corrected chi connectivity index (χ2v) is 5.86. The van der Waals surface area contributed by atoms with Crippen molar-refractivity contribution >= 4 is 17.3 Å². The van der Waals surface area contributed by atoms with E-state index >= 15 is 0 Å². The van der Waals surface area contributed by atoms with E-state index in [1.54, 1.807) is 0 Å². The minimum absolute atomic E-state index is 0.721. The zero-order chi connectivity index (χ0) is 15.1. The highest BCUT2D eigenvalue weighted by molar-refractivity contribution is 6.31. The van der Waals surface area contributed by atoms with Crippen molar-refractivity contribution in [3.63, 3.8) is 0 Å². The van der Waals surface area contributed by atoms with Crippen molar-refractivity contribution in [1.29, 1.82) is 0 Å². The van der Waals surface area contributed by atoms with Gasteiger partial charge in [0.15, 0.2) is 0 Å². The number of halogens is 1. The highest BCUT2D eigenvalue weighted by Gasteiger charge is 2.20. The van der Waals surface area contributed by atoms with Gasteiger partial charge in [0.05, 0.1) is 17.6 Å². The fourth-order valence-electron chi connectivity index (χ4n) is 2.79. The number of hydrogen-bond donors (Lipinski definition) is 0. The molecule has 4 rings (SSSR count). The number of fused-ring (bicyclic) bond motifs is 2. The molecule has 0 unspecified atom stereocenters. The monoisotopic (exact) mass is 307 g/mol. The van der Waals surface area contributed by atoms with E-state index in [1.807, 2.05) is 48.1 Å². The maximum absolute atomic E-state index is 6.22. The van der Waals surface area contributed by atoms with Crippen molar-refractivity contribution in [3.8, 4) is 0 Å². The van der Waals surface area contributed by atoms with Crippen LogP contribution in [0.3, 0.4) is 0 Å². The fourth-order valence-corrected chi connectivity index (χ4v) is 2.97. The molecule has 3 aromatic rings. The van der Waals surface area contributed by atoms with E-state index in [0.29, 0.717) is 0 Å². The lowest BCUT2D eigenvalue weighted by atomic mass is 9.96. The summed E-state index contributed by atoms with van der Waals surface area (Å²) >= 11 is 6.22. The largest absolute Gasteiger partial charge is 0.239 e. The summed E-state index contributed by atoms with van der Waals surface area (Å²) in [6, 6.07) is 16.2. The number of nitrogens with zero attached hydrogens (tertiary/aromatic N) is 3. The Hall–Kier alpha value is -2.39. The molecule has 2 heterocycles. The summed E-state index contributed by atoms with van der Waals surface area (Å²) in [6.07, 6.45) is 2.61. The quantitative estimate of drug-likeness (QED) is 0.522. The summed E-state index contributed by atoms with van der Waals surface area (Å²) in [5.74, 6) is 0.951. The van der Waals surface area contributed by atoms with E-state index in [-0.39, 0.29) is 0 Å². The Morgan fingerprint density at radius 2 is 1.91 bits per heavy atom. The van der Waals surface area contributed by atoms with Crippen LogP contribution in [-0.4, -0.2) is 15.4 Å². The van der Waals surface area contributed by atoms with Gasteiger partial charge in [-0.3, -0.25) is 0 Å². The van der Waals surface area contributed by atoms with Crippen LogP contribution in [0.15, 0.2) is 59.8 Å². The second kappa shape index (κ2) is 5.11. The first kappa shape index (κ1) is 13.3. The topological polar surface area (TPSA) is 30.2 Å². The third-order valence-corrected chi connectivity index (χ3v) is 4.14. The van der Waals surface area contributed by atoms with Crippen molar-refractivity contribution in [2.45, 2.75) is 13.3 Å². The molecule has 0 saturated carbocycles. The highest BCUT2D eigenvalue weighted by atomic mass is 35.5. The van der Waals surface area contributed by atoms with Gasteiger partial charge in [-0.1, -0.05) is 48.0 Å². The molecule has 0 saturated heterocycles. The third-order valence-electron chi connectivity index (χ3n) is 3.90. The van der Waals surface area contributed by atoms with Crippen LogP contribution >= 0.6 is 11.6 Å². The molecule has 0 fully saturated rings. The molecule has 1 aliphatic heterocycles. The van der Waals surface area contributed by atoms with Gasteiger partial charge < -0.3 is 0 Å². The van der Waals surface area contributed by atoms with Crippen LogP contribution in [0.5, 0.6) is 0 Å². The number of aromatic nitrogens is 2. The van der Waals surface area contributed by atoms with E-state index in [9.17, 15) is 0 Å². The SMILES string of the molecule is Cc1cnc2n1N=C(c1ccccc1)c1cc(Cl)ccc1C2. The predicted octanol–water partition coefficient (Wildman–Crippen LogP) is 4.05. The van der Waals surface area contributed by atoms with Gasteiger partial charge >= 0.3 is 0 Å². The Morgan fingerprint density at radius 3 is 2.73 bits per heavy atom. The zero-order valence-corrected chi connectivity index (χ0v) is 12.9. The molecule has 0 N–H and O–H groups in total. The molecule has 0 atom stereocenters. The van der Waals surface area contributed by atoms with Gasteiger partial charge in [-0.2, -0.15) is 5.10 Å². The summed E-state index contributed by atoms with van der Waals surface area (Å²) in [7, 11) is 0. The van der Waals surface area contributed by atoms with E-state index < -0.39 is 0 Å². The Labute approximate surface area is 133 Å². The smallest absolute Gasteiger partial charge is 0.134 e. The Bertz CT molecular complexity index is 879. The van der Waals surface area contributed by atoms with E-state index in [1.165, 1.54) is 5.56 Å². The van der Waals surface area contributed by atoms with Crippen LogP contribution in [0.25, 0.3) is 0 Å². The Kier molecular flexibility index (Phi) is 3.09. The fraction of sp³-hybridized carbons (Fsp3) is 0.111. The molecule has 0 aliphatic carbocycles. The normalized spacial score (nSPS) is 13.1. The molecule has 0 radical (unpaired) electrons. The Balaban J connectivity index is 2.02. The molecule has 22 heavy (non-hydrogen) atoms. The number of benzene rings is 2. The first-order valence-corrected chi connectivity index (χ1v) is 7.56. The van der Waals surface area contributed by atoms with Gasteiger partial charge in [-0.05, 0) is 24.6 Å². The second-order valence-electron chi connectivity index (χ2n) is 5.42. The van der Waals surface area contributed by atoms with Gasteiger partial charge in [0.2, 0.25) is 0 Å². The molecule has 1 aliphatic rings. The molecular weight excluding hydrogens is 294 g/mol. The van der Waals surface area contributed by atoms with Crippen molar-refractivity contribution in [2.75, 3.05) is 0 Å². The molecule has 0 amide bonds. The maximum atomic E-state index is 6.22. The summed E-state index contributed by atoms with van der Waals surface area (Å²) < 4.78 is 1.93. The first-order chi connectivity index (χ1) is 10.7. The van der Waals surface area contributed by atoms with Crippen molar-refractivity contribution in [3.05, 3.63) is 88.0 Å². The van der Waals surface area contributed by atoms with Gasteiger partial charge in [0.1, 0.15) is 5.82 Å². The zero-order valence-electron chi connectivity index (χ0n) is 12.1. The highest BCUT2D eigenvalue weighted by Crippen LogP contribution is 2.26. The van der Waals surface area contributed by atoms with Gasteiger partial charge in [-0.15, -0.1) is 0 Å². The summed E-state index contributed by atoms with van der Waals surface area (Å²) in [5.41, 5.74) is 5.30. The van der Waals surface area contributed by atoms with Crippen molar-refractivity contribution in [1.82, 2.24) is 9.66 Å². The Morgan fingerprint density at radius 1 is 1.09 bits per heavy atom. The van der Waals surface area contributed by atoms with Gasteiger partial charge in [0, 0.05) is 22.6 Å². The predicted molar refractivity (Wildman–Crippen MR) is 88.7 cm³/mol. The summed E-state index contributed by atoms with van der Waals surface area (Å²) in [4.78, 5) is 4.49. The lowest BCUT2D eigenvalue weighted by molar-refractivity contribution is 0.781.